The molecule has 3 rings (SSSR count). The molecule has 1 aliphatic rings. The van der Waals surface area contributed by atoms with E-state index < -0.39 is 0 Å². The molecule has 0 amide bonds. The summed E-state index contributed by atoms with van der Waals surface area (Å²) in [6, 6.07) is 10.2. The van der Waals surface area contributed by atoms with Crippen LogP contribution in [0.5, 0.6) is 0 Å². The van der Waals surface area contributed by atoms with Crippen LogP contribution in [-0.2, 0) is 11.3 Å². The third-order valence-corrected chi connectivity index (χ3v) is 5.00. The lowest BCUT2D eigenvalue weighted by atomic mass is 9.96. The van der Waals surface area contributed by atoms with Crippen LogP contribution in [0.2, 0.25) is 0 Å². The van der Waals surface area contributed by atoms with E-state index in [1.54, 1.807) is 0 Å². The first-order valence-corrected chi connectivity index (χ1v) is 9.92. The van der Waals surface area contributed by atoms with Crippen molar-refractivity contribution in [2.75, 3.05) is 33.4 Å². The van der Waals surface area contributed by atoms with Gasteiger partial charge in [0, 0.05) is 33.4 Å². The average molecular weight is 370 g/mol. The lowest BCUT2D eigenvalue weighted by molar-refractivity contribution is 0.0625. The Labute approximate surface area is 162 Å². The largest absolute Gasteiger partial charge is 0.381 e. The summed E-state index contributed by atoms with van der Waals surface area (Å²) in [4.78, 5) is 14.8. The molecule has 0 aliphatic carbocycles. The SMILES string of the molecule is CCNC(=NCc1ncc(-c2ccccc2)[nH]1)N(C)CCC1CCOCC1. The van der Waals surface area contributed by atoms with Crippen LogP contribution in [-0.4, -0.2) is 54.2 Å². The van der Waals surface area contributed by atoms with Crippen molar-refractivity contribution >= 4 is 5.96 Å². The molecule has 1 aliphatic heterocycles. The molecule has 1 aromatic carbocycles. The number of guanidine groups is 1. The summed E-state index contributed by atoms with van der Waals surface area (Å²) in [7, 11) is 2.11. The zero-order chi connectivity index (χ0) is 18.9. The van der Waals surface area contributed by atoms with Crippen LogP contribution in [0.15, 0.2) is 41.5 Å². The van der Waals surface area contributed by atoms with E-state index in [-0.39, 0.29) is 0 Å². The maximum Gasteiger partial charge on any atom is 0.194 e. The van der Waals surface area contributed by atoms with E-state index in [1.165, 1.54) is 19.3 Å². The molecule has 0 radical (unpaired) electrons. The lowest BCUT2D eigenvalue weighted by Gasteiger charge is -2.26. The quantitative estimate of drug-likeness (QED) is 0.581. The molecule has 2 heterocycles. The van der Waals surface area contributed by atoms with Crippen molar-refractivity contribution in [3.05, 3.63) is 42.4 Å². The second kappa shape index (κ2) is 10.1. The third-order valence-electron chi connectivity index (χ3n) is 5.00. The molecule has 0 bridgehead atoms. The van der Waals surface area contributed by atoms with Crippen molar-refractivity contribution < 1.29 is 4.74 Å². The number of aliphatic imine (C=N–C) groups is 1. The first-order chi connectivity index (χ1) is 13.3. The predicted molar refractivity (Wildman–Crippen MR) is 110 cm³/mol. The normalized spacial score (nSPS) is 15.7. The Hall–Kier alpha value is -2.34. The standard InChI is InChI=1S/C21H31N5O/c1-3-22-21(26(2)12-9-17-10-13-27-14-11-17)24-16-20-23-15-19(25-20)18-7-5-4-6-8-18/h4-8,15,17H,3,9-14,16H2,1-2H3,(H,22,24)(H,23,25). The average Bonchev–Trinajstić information content (AvgIpc) is 3.20. The highest BCUT2D eigenvalue weighted by Crippen LogP contribution is 2.19. The van der Waals surface area contributed by atoms with Gasteiger partial charge in [-0.2, -0.15) is 0 Å². The summed E-state index contributed by atoms with van der Waals surface area (Å²) < 4.78 is 5.45. The van der Waals surface area contributed by atoms with Crippen LogP contribution in [0.25, 0.3) is 11.3 Å². The van der Waals surface area contributed by atoms with Crippen LogP contribution in [0, 0.1) is 5.92 Å². The smallest absolute Gasteiger partial charge is 0.194 e. The molecule has 2 aromatic rings. The maximum atomic E-state index is 5.45. The van der Waals surface area contributed by atoms with Gasteiger partial charge in [-0.3, -0.25) is 0 Å². The molecule has 0 saturated carbocycles. The molecule has 0 spiro atoms. The summed E-state index contributed by atoms with van der Waals surface area (Å²) in [6.45, 7) is 6.31. The van der Waals surface area contributed by atoms with Gasteiger partial charge in [0.2, 0.25) is 0 Å². The Kier molecular flexibility index (Phi) is 7.27. The van der Waals surface area contributed by atoms with Crippen molar-refractivity contribution in [1.82, 2.24) is 20.2 Å². The first kappa shape index (κ1) is 19.4. The minimum absolute atomic E-state index is 0.538. The minimum atomic E-state index is 0.538. The molecule has 146 valence electrons. The number of hydrogen-bond acceptors (Lipinski definition) is 3. The van der Waals surface area contributed by atoms with E-state index >= 15 is 0 Å². The first-order valence-electron chi connectivity index (χ1n) is 9.92. The predicted octanol–water partition coefficient (Wildman–Crippen LogP) is 3.29. The highest BCUT2D eigenvalue weighted by atomic mass is 16.5. The second-order valence-electron chi connectivity index (χ2n) is 7.05. The van der Waals surface area contributed by atoms with Crippen LogP contribution >= 0.6 is 0 Å². The Morgan fingerprint density at radius 1 is 1.30 bits per heavy atom. The Bertz CT molecular complexity index is 706. The number of aromatic amines is 1. The summed E-state index contributed by atoms with van der Waals surface area (Å²) in [5.41, 5.74) is 2.17. The molecular formula is C21H31N5O. The van der Waals surface area contributed by atoms with Gasteiger partial charge in [0.25, 0.3) is 0 Å². The van der Waals surface area contributed by atoms with E-state index in [1.807, 2.05) is 24.4 Å². The molecule has 6 heteroatoms. The van der Waals surface area contributed by atoms with Crippen molar-refractivity contribution in [1.29, 1.82) is 0 Å². The molecule has 2 N–H and O–H groups in total. The highest BCUT2D eigenvalue weighted by molar-refractivity contribution is 5.79. The number of rotatable bonds is 7. The number of nitrogens with zero attached hydrogens (tertiary/aromatic N) is 3. The van der Waals surface area contributed by atoms with Crippen molar-refractivity contribution in [3.63, 3.8) is 0 Å². The Morgan fingerprint density at radius 3 is 2.81 bits per heavy atom. The number of ether oxygens (including phenoxy) is 1. The number of nitrogens with one attached hydrogen (secondary N) is 2. The van der Waals surface area contributed by atoms with Crippen LogP contribution in [0.1, 0.15) is 32.0 Å². The van der Waals surface area contributed by atoms with E-state index in [0.717, 1.165) is 55.3 Å². The summed E-state index contributed by atoms with van der Waals surface area (Å²) in [5.74, 6) is 2.58. The van der Waals surface area contributed by atoms with E-state index in [9.17, 15) is 0 Å². The van der Waals surface area contributed by atoms with E-state index in [0.29, 0.717) is 6.54 Å². The van der Waals surface area contributed by atoms with Gasteiger partial charge in [-0.15, -0.1) is 0 Å². The van der Waals surface area contributed by atoms with Crippen LogP contribution in [0.4, 0.5) is 0 Å². The van der Waals surface area contributed by atoms with Crippen molar-refractivity contribution in [2.45, 2.75) is 32.7 Å². The summed E-state index contributed by atoms with van der Waals surface area (Å²) in [5, 5.41) is 3.39. The summed E-state index contributed by atoms with van der Waals surface area (Å²) >= 11 is 0. The number of H-pyrrole nitrogens is 1. The Balaban J connectivity index is 1.57. The van der Waals surface area contributed by atoms with Crippen molar-refractivity contribution in [3.8, 4) is 11.3 Å². The fourth-order valence-electron chi connectivity index (χ4n) is 3.34. The number of benzene rings is 1. The van der Waals surface area contributed by atoms with Gasteiger partial charge in [0.05, 0.1) is 11.9 Å². The minimum Gasteiger partial charge on any atom is -0.381 e. The van der Waals surface area contributed by atoms with Gasteiger partial charge in [-0.25, -0.2) is 9.98 Å². The number of imidazole rings is 1. The number of aromatic nitrogens is 2. The molecule has 1 aromatic heterocycles. The Morgan fingerprint density at radius 2 is 2.07 bits per heavy atom. The monoisotopic (exact) mass is 369 g/mol. The lowest BCUT2D eigenvalue weighted by Crippen LogP contribution is -2.40. The van der Waals surface area contributed by atoms with Gasteiger partial charge in [0.15, 0.2) is 5.96 Å². The molecule has 0 atom stereocenters. The number of hydrogen-bond donors (Lipinski definition) is 2. The van der Waals surface area contributed by atoms with Gasteiger partial charge in [-0.05, 0) is 37.7 Å². The van der Waals surface area contributed by atoms with Gasteiger partial charge in [0.1, 0.15) is 12.4 Å². The second-order valence-corrected chi connectivity index (χ2v) is 7.05. The van der Waals surface area contributed by atoms with Gasteiger partial charge in [-0.1, -0.05) is 30.3 Å². The van der Waals surface area contributed by atoms with Crippen LogP contribution in [0.3, 0.4) is 0 Å². The van der Waals surface area contributed by atoms with Gasteiger partial charge < -0.3 is 19.9 Å². The van der Waals surface area contributed by atoms with Crippen molar-refractivity contribution in [2.24, 2.45) is 10.9 Å². The zero-order valence-electron chi connectivity index (χ0n) is 16.4. The molecule has 1 saturated heterocycles. The molecular weight excluding hydrogens is 338 g/mol. The highest BCUT2D eigenvalue weighted by Gasteiger charge is 2.15. The van der Waals surface area contributed by atoms with Gasteiger partial charge >= 0.3 is 0 Å². The molecule has 6 nitrogen and oxygen atoms in total. The van der Waals surface area contributed by atoms with Crippen LogP contribution < -0.4 is 5.32 Å². The fourth-order valence-corrected chi connectivity index (χ4v) is 3.34. The zero-order valence-corrected chi connectivity index (χ0v) is 16.4. The maximum absolute atomic E-state index is 5.45. The molecule has 1 fully saturated rings. The molecule has 27 heavy (non-hydrogen) atoms. The summed E-state index contributed by atoms with van der Waals surface area (Å²) in [6.07, 6.45) is 5.41. The third kappa shape index (κ3) is 5.82. The fraction of sp³-hybridized carbons (Fsp3) is 0.524. The molecule has 0 unspecified atom stereocenters. The van der Waals surface area contributed by atoms with E-state index in [2.05, 4.69) is 46.3 Å². The van der Waals surface area contributed by atoms with E-state index in [4.69, 9.17) is 9.73 Å². The topological polar surface area (TPSA) is 65.5 Å².